The van der Waals surface area contributed by atoms with Crippen LogP contribution in [0.4, 0.5) is 0 Å². The van der Waals surface area contributed by atoms with Crippen LogP contribution in [0.25, 0.3) is 17.3 Å². The molecule has 0 aliphatic carbocycles. The Hall–Kier alpha value is -1.97. The Labute approximate surface area is 112 Å². The topological polar surface area (TPSA) is 31.4 Å². The first-order valence-electron chi connectivity index (χ1n) is 6.35. The van der Waals surface area contributed by atoms with Gasteiger partial charge in [0.05, 0.1) is 18.9 Å². The number of aromatic nitrogens is 1. The van der Waals surface area contributed by atoms with Crippen LogP contribution in [0.3, 0.4) is 0 Å². The number of rotatable bonds is 3. The molecular weight excluding hydrogens is 238 g/mol. The van der Waals surface area contributed by atoms with Gasteiger partial charge in [-0.25, -0.2) is 0 Å². The van der Waals surface area contributed by atoms with Gasteiger partial charge in [0.1, 0.15) is 0 Å². The van der Waals surface area contributed by atoms with E-state index in [0.29, 0.717) is 13.2 Å². The Morgan fingerprint density at radius 3 is 2.47 bits per heavy atom. The maximum absolute atomic E-state index is 5.35. The van der Waals surface area contributed by atoms with Gasteiger partial charge in [0.25, 0.3) is 0 Å². The fourth-order valence-electron chi connectivity index (χ4n) is 1.98. The van der Waals surface area contributed by atoms with Crippen molar-refractivity contribution in [3.63, 3.8) is 0 Å². The summed E-state index contributed by atoms with van der Waals surface area (Å²) in [6.07, 6.45) is 5.55. The Balaban J connectivity index is 1.72. The molecule has 0 saturated carbocycles. The van der Waals surface area contributed by atoms with Crippen LogP contribution in [0.2, 0.25) is 0 Å². The summed E-state index contributed by atoms with van der Waals surface area (Å²) in [4.78, 5) is 4.33. The van der Waals surface area contributed by atoms with E-state index in [9.17, 15) is 0 Å². The van der Waals surface area contributed by atoms with Crippen molar-refractivity contribution in [2.24, 2.45) is 0 Å². The van der Waals surface area contributed by atoms with E-state index in [-0.39, 0.29) is 6.29 Å². The van der Waals surface area contributed by atoms with Gasteiger partial charge in [-0.3, -0.25) is 4.98 Å². The summed E-state index contributed by atoms with van der Waals surface area (Å²) in [6.45, 7) is 1.35. The van der Waals surface area contributed by atoms with E-state index in [1.165, 1.54) is 0 Å². The van der Waals surface area contributed by atoms with Gasteiger partial charge in [-0.2, -0.15) is 0 Å². The van der Waals surface area contributed by atoms with E-state index in [1.807, 2.05) is 30.4 Å². The molecule has 1 aliphatic rings. The molecule has 1 fully saturated rings. The van der Waals surface area contributed by atoms with Crippen LogP contribution in [0.5, 0.6) is 0 Å². The molecule has 1 aromatic heterocycles. The van der Waals surface area contributed by atoms with E-state index in [4.69, 9.17) is 9.47 Å². The predicted molar refractivity (Wildman–Crippen MR) is 74.4 cm³/mol. The largest absolute Gasteiger partial charge is 0.347 e. The standard InChI is InChI=1S/C16H15NO2/c1-2-10-17-15(3-1)14-7-4-13(5-8-14)6-9-16-18-11-12-19-16/h1-10,16H,11-12H2/b9-6+. The van der Waals surface area contributed by atoms with E-state index in [2.05, 4.69) is 29.2 Å². The van der Waals surface area contributed by atoms with Crippen molar-refractivity contribution in [2.45, 2.75) is 6.29 Å². The summed E-state index contributed by atoms with van der Waals surface area (Å²) in [6, 6.07) is 14.2. The fraction of sp³-hybridized carbons (Fsp3) is 0.188. The number of hydrogen-bond acceptors (Lipinski definition) is 3. The molecule has 0 atom stereocenters. The highest BCUT2D eigenvalue weighted by atomic mass is 16.7. The lowest BCUT2D eigenvalue weighted by molar-refractivity contribution is -0.000907. The zero-order valence-electron chi connectivity index (χ0n) is 10.5. The van der Waals surface area contributed by atoms with Crippen LogP contribution in [0.15, 0.2) is 54.7 Å². The molecule has 1 aliphatic heterocycles. The highest BCUT2D eigenvalue weighted by Gasteiger charge is 2.11. The SMILES string of the molecule is C(=C\C1OCCO1)/c1ccc(-c2ccccn2)cc1. The lowest BCUT2D eigenvalue weighted by Crippen LogP contribution is -2.01. The van der Waals surface area contributed by atoms with Gasteiger partial charge in [-0.15, -0.1) is 0 Å². The van der Waals surface area contributed by atoms with Crippen molar-refractivity contribution in [2.75, 3.05) is 13.2 Å². The average Bonchev–Trinajstić information content (AvgIpc) is 3.00. The molecule has 0 amide bonds. The van der Waals surface area contributed by atoms with E-state index >= 15 is 0 Å². The monoisotopic (exact) mass is 253 g/mol. The number of ether oxygens (including phenoxy) is 2. The maximum atomic E-state index is 5.35. The van der Waals surface area contributed by atoms with Gasteiger partial charge < -0.3 is 9.47 Å². The molecule has 0 unspecified atom stereocenters. The lowest BCUT2D eigenvalue weighted by Gasteiger charge is -2.03. The van der Waals surface area contributed by atoms with Gasteiger partial charge in [-0.05, 0) is 23.8 Å². The summed E-state index contributed by atoms with van der Waals surface area (Å²) in [5.74, 6) is 0. The van der Waals surface area contributed by atoms with E-state index in [0.717, 1.165) is 16.8 Å². The molecule has 19 heavy (non-hydrogen) atoms. The molecule has 3 heteroatoms. The van der Waals surface area contributed by atoms with Crippen molar-refractivity contribution < 1.29 is 9.47 Å². The van der Waals surface area contributed by atoms with Crippen LogP contribution in [0.1, 0.15) is 5.56 Å². The fourth-order valence-corrected chi connectivity index (χ4v) is 1.98. The van der Waals surface area contributed by atoms with Crippen molar-refractivity contribution in [3.05, 3.63) is 60.3 Å². The average molecular weight is 253 g/mol. The molecule has 3 nitrogen and oxygen atoms in total. The zero-order chi connectivity index (χ0) is 12.9. The van der Waals surface area contributed by atoms with Crippen molar-refractivity contribution in [1.29, 1.82) is 0 Å². The second-order valence-electron chi connectivity index (χ2n) is 4.31. The Morgan fingerprint density at radius 2 is 1.79 bits per heavy atom. The zero-order valence-corrected chi connectivity index (χ0v) is 10.5. The van der Waals surface area contributed by atoms with Crippen LogP contribution in [-0.4, -0.2) is 24.5 Å². The number of benzene rings is 1. The summed E-state index contributed by atoms with van der Waals surface area (Å²) in [5, 5.41) is 0. The smallest absolute Gasteiger partial charge is 0.177 e. The molecule has 3 rings (SSSR count). The van der Waals surface area contributed by atoms with Gasteiger partial charge in [0.2, 0.25) is 0 Å². The molecular formula is C16H15NO2. The quantitative estimate of drug-likeness (QED) is 0.842. The number of nitrogens with zero attached hydrogens (tertiary/aromatic N) is 1. The Bertz CT molecular complexity index is 543. The van der Waals surface area contributed by atoms with E-state index in [1.54, 1.807) is 6.20 Å². The third-order valence-corrected chi connectivity index (χ3v) is 2.96. The van der Waals surface area contributed by atoms with Crippen LogP contribution >= 0.6 is 0 Å². The summed E-state index contributed by atoms with van der Waals surface area (Å²) in [7, 11) is 0. The Morgan fingerprint density at radius 1 is 1.00 bits per heavy atom. The molecule has 0 spiro atoms. The minimum absolute atomic E-state index is 0.199. The summed E-state index contributed by atoms with van der Waals surface area (Å²) < 4.78 is 10.7. The number of pyridine rings is 1. The van der Waals surface area contributed by atoms with E-state index < -0.39 is 0 Å². The first-order valence-corrected chi connectivity index (χ1v) is 6.35. The third kappa shape index (κ3) is 3.08. The van der Waals surface area contributed by atoms with Gasteiger partial charge >= 0.3 is 0 Å². The molecule has 0 bridgehead atoms. The maximum Gasteiger partial charge on any atom is 0.177 e. The van der Waals surface area contributed by atoms with Crippen LogP contribution in [0, 0.1) is 0 Å². The minimum atomic E-state index is -0.199. The second kappa shape index (κ2) is 5.78. The molecule has 1 saturated heterocycles. The highest BCUT2D eigenvalue weighted by Crippen LogP contribution is 2.17. The van der Waals surface area contributed by atoms with Crippen molar-refractivity contribution >= 4 is 6.08 Å². The van der Waals surface area contributed by atoms with Crippen molar-refractivity contribution in [1.82, 2.24) is 4.98 Å². The molecule has 0 N–H and O–H groups in total. The molecule has 1 aromatic carbocycles. The normalized spacial score (nSPS) is 16.2. The van der Waals surface area contributed by atoms with Crippen molar-refractivity contribution in [3.8, 4) is 11.3 Å². The highest BCUT2D eigenvalue weighted by molar-refractivity contribution is 5.62. The van der Waals surface area contributed by atoms with Gasteiger partial charge in [-0.1, -0.05) is 36.4 Å². The summed E-state index contributed by atoms with van der Waals surface area (Å²) >= 11 is 0. The Kier molecular flexibility index (Phi) is 3.68. The predicted octanol–water partition coefficient (Wildman–Crippen LogP) is 3.13. The molecule has 0 radical (unpaired) electrons. The third-order valence-electron chi connectivity index (χ3n) is 2.96. The summed E-state index contributed by atoms with van der Waals surface area (Å²) in [5.41, 5.74) is 3.23. The molecule has 96 valence electrons. The molecule has 2 heterocycles. The first-order chi connectivity index (χ1) is 9.42. The molecule has 2 aromatic rings. The van der Waals surface area contributed by atoms with Gasteiger partial charge in [0, 0.05) is 11.8 Å². The minimum Gasteiger partial charge on any atom is -0.347 e. The number of hydrogen-bond donors (Lipinski definition) is 0. The van der Waals surface area contributed by atoms with Crippen LogP contribution < -0.4 is 0 Å². The lowest BCUT2D eigenvalue weighted by atomic mass is 10.1. The van der Waals surface area contributed by atoms with Crippen LogP contribution in [-0.2, 0) is 9.47 Å². The van der Waals surface area contributed by atoms with Gasteiger partial charge in [0.15, 0.2) is 6.29 Å². The second-order valence-corrected chi connectivity index (χ2v) is 4.31. The first kappa shape index (κ1) is 12.1.